The van der Waals surface area contributed by atoms with Crippen LogP contribution in [0.15, 0.2) is 30.4 Å². The van der Waals surface area contributed by atoms with Gasteiger partial charge in [-0.3, -0.25) is 0 Å². The molecule has 0 atom stereocenters. The van der Waals surface area contributed by atoms with E-state index in [0.717, 1.165) is 29.9 Å². The summed E-state index contributed by atoms with van der Waals surface area (Å²) in [6.45, 7) is 2.28. The normalized spacial score (nSPS) is 27.0. The number of rotatable bonds is 5. The molecule has 5 heteroatoms. The molecule has 2 aliphatic carbocycles. The molecule has 0 aromatic heterocycles. The summed E-state index contributed by atoms with van der Waals surface area (Å²) < 4.78 is 53.9. The Bertz CT molecular complexity index is 786. The molecule has 1 aromatic rings. The maximum Gasteiger partial charge on any atom is 0.573 e. The van der Waals surface area contributed by atoms with Crippen molar-refractivity contribution < 1.29 is 22.3 Å². The highest BCUT2D eigenvalue weighted by Gasteiger charge is 2.32. The first-order chi connectivity index (χ1) is 14.8. The van der Waals surface area contributed by atoms with Gasteiger partial charge in [-0.1, -0.05) is 50.5 Å². The highest BCUT2D eigenvalue weighted by molar-refractivity contribution is 5.41. The van der Waals surface area contributed by atoms with Crippen molar-refractivity contribution in [1.29, 1.82) is 0 Å². The highest BCUT2D eigenvalue weighted by Crippen LogP contribution is 2.42. The summed E-state index contributed by atoms with van der Waals surface area (Å²) in [5.41, 5.74) is 0.319. The van der Waals surface area contributed by atoms with Gasteiger partial charge in [0.15, 0.2) is 11.6 Å². The number of allylic oxidation sites excluding steroid dienone is 2. The maximum absolute atomic E-state index is 13.7. The quantitative estimate of drug-likeness (QED) is 0.335. The predicted octanol–water partition coefficient (Wildman–Crippen LogP) is 8.04. The lowest BCUT2D eigenvalue weighted by atomic mass is 9.69. The van der Waals surface area contributed by atoms with Crippen LogP contribution in [0.1, 0.15) is 76.7 Å². The molecular formula is C26H32F4O. The Morgan fingerprint density at radius 3 is 2.23 bits per heavy atom. The first-order valence-electron chi connectivity index (χ1n) is 11.6. The Morgan fingerprint density at radius 2 is 1.65 bits per heavy atom. The number of halogens is 4. The molecule has 0 heterocycles. The van der Waals surface area contributed by atoms with Gasteiger partial charge in [-0.05, 0) is 86.5 Å². The minimum absolute atomic E-state index is 0.319. The molecule has 0 N–H and O–H groups in total. The Morgan fingerprint density at radius 1 is 1.00 bits per heavy atom. The van der Waals surface area contributed by atoms with Crippen molar-refractivity contribution >= 4 is 0 Å². The molecular weight excluding hydrogens is 404 g/mol. The zero-order valence-corrected chi connectivity index (χ0v) is 18.2. The molecule has 31 heavy (non-hydrogen) atoms. The van der Waals surface area contributed by atoms with Gasteiger partial charge < -0.3 is 4.74 Å². The van der Waals surface area contributed by atoms with E-state index in [4.69, 9.17) is 0 Å². The van der Waals surface area contributed by atoms with Gasteiger partial charge >= 0.3 is 6.36 Å². The minimum Gasteiger partial charge on any atom is -0.403 e. The molecule has 3 rings (SSSR count). The van der Waals surface area contributed by atoms with Gasteiger partial charge in [0.05, 0.1) is 0 Å². The molecule has 0 unspecified atom stereocenters. The van der Waals surface area contributed by atoms with E-state index in [9.17, 15) is 17.6 Å². The predicted molar refractivity (Wildman–Crippen MR) is 115 cm³/mol. The molecule has 0 radical (unpaired) electrons. The lowest BCUT2D eigenvalue weighted by Crippen LogP contribution is -2.25. The second-order valence-electron chi connectivity index (χ2n) is 9.07. The van der Waals surface area contributed by atoms with Crippen molar-refractivity contribution in [3.8, 4) is 17.6 Å². The molecule has 2 aliphatic rings. The van der Waals surface area contributed by atoms with E-state index in [1.54, 1.807) is 6.08 Å². The number of hydrogen-bond acceptors (Lipinski definition) is 1. The van der Waals surface area contributed by atoms with Crippen molar-refractivity contribution in [3.05, 3.63) is 41.7 Å². The summed E-state index contributed by atoms with van der Waals surface area (Å²) in [4.78, 5) is 0. The van der Waals surface area contributed by atoms with Crippen LogP contribution in [0.4, 0.5) is 17.6 Å². The average molecular weight is 437 g/mol. The summed E-state index contributed by atoms with van der Waals surface area (Å²) in [5.74, 6) is 7.01. The van der Waals surface area contributed by atoms with Crippen molar-refractivity contribution in [3.63, 3.8) is 0 Å². The van der Waals surface area contributed by atoms with Crippen molar-refractivity contribution in [2.75, 3.05) is 0 Å². The largest absolute Gasteiger partial charge is 0.573 e. The zero-order valence-electron chi connectivity index (χ0n) is 18.2. The first kappa shape index (κ1) is 23.7. The van der Waals surface area contributed by atoms with Crippen LogP contribution in [0.5, 0.6) is 5.75 Å². The fourth-order valence-corrected chi connectivity index (χ4v) is 5.26. The van der Waals surface area contributed by atoms with Gasteiger partial charge in [-0.15, -0.1) is 13.2 Å². The SMILES string of the molecule is CCC[C@H]1CC[C@H](C2CCC(/C=C/C#Cc3ccc(OC(F)(F)F)c(F)c3)CC2)CC1. The van der Waals surface area contributed by atoms with E-state index in [1.807, 2.05) is 0 Å². The highest BCUT2D eigenvalue weighted by atomic mass is 19.4. The van der Waals surface area contributed by atoms with Gasteiger partial charge in [0.25, 0.3) is 0 Å². The molecule has 170 valence electrons. The fraction of sp³-hybridized carbons (Fsp3) is 0.615. The first-order valence-corrected chi connectivity index (χ1v) is 11.6. The summed E-state index contributed by atoms with van der Waals surface area (Å²) in [5, 5.41) is 0. The van der Waals surface area contributed by atoms with Crippen molar-refractivity contribution in [2.24, 2.45) is 23.7 Å². The Balaban J connectivity index is 1.43. The van der Waals surface area contributed by atoms with Crippen LogP contribution in [0.3, 0.4) is 0 Å². The van der Waals surface area contributed by atoms with E-state index in [2.05, 4.69) is 29.6 Å². The van der Waals surface area contributed by atoms with E-state index >= 15 is 0 Å². The Hall–Kier alpha value is -1.96. The molecule has 0 bridgehead atoms. The summed E-state index contributed by atoms with van der Waals surface area (Å²) in [6, 6.07) is 3.24. The number of alkyl halides is 3. The second kappa shape index (κ2) is 11.1. The average Bonchev–Trinajstić information content (AvgIpc) is 2.73. The summed E-state index contributed by atoms with van der Waals surface area (Å²) in [6.07, 6.45) is 12.3. The third-order valence-electron chi connectivity index (χ3n) is 6.90. The Labute approximate surface area is 183 Å². The minimum atomic E-state index is -4.91. The van der Waals surface area contributed by atoms with Crippen molar-refractivity contribution in [2.45, 2.75) is 77.5 Å². The molecule has 0 spiro atoms. The van der Waals surface area contributed by atoms with Gasteiger partial charge in [0.2, 0.25) is 0 Å². The van der Waals surface area contributed by atoms with Crippen LogP contribution in [0.25, 0.3) is 0 Å². The molecule has 2 fully saturated rings. The molecule has 2 saturated carbocycles. The monoisotopic (exact) mass is 436 g/mol. The number of benzene rings is 1. The lowest BCUT2D eigenvalue weighted by molar-refractivity contribution is -0.275. The smallest absolute Gasteiger partial charge is 0.403 e. The van der Waals surface area contributed by atoms with E-state index in [1.165, 1.54) is 70.3 Å². The van der Waals surface area contributed by atoms with Gasteiger partial charge in [-0.25, -0.2) is 4.39 Å². The lowest BCUT2D eigenvalue weighted by Gasteiger charge is -2.37. The topological polar surface area (TPSA) is 9.23 Å². The van der Waals surface area contributed by atoms with Crippen molar-refractivity contribution in [1.82, 2.24) is 0 Å². The van der Waals surface area contributed by atoms with Gasteiger partial charge in [-0.2, -0.15) is 0 Å². The van der Waals surface area contributed by atoms with Gasteiger partial charge in [0, 0.05) is 5.56 Å². The van der Waals surface area contributed by atoms with Gasteiger partial charge in [0.1, 0.15) is 0 Å². The standard InChI is InChI=1S/C26H32F4O/c1-2-5-19-8-13-22(14-9-19)23-15-10-20(11-16-23)6-3-4-7-21-12-17-25(24(27)18-21)31-26(28,29)30/h3,6,12,17-20,22-23H,2,5,8-11,13-16H2,1H3/b6-3+/t19-,20?,22-,23?. The third-order valence-corrected chi connectivity index (χ3v) is 6.90. The van der Waals surface area contributed by atoms with E-state index < -0.39 is 17.9 Å². The number of ether oxygens (including phenoxy) is 1. The zero-order chi connectivity index (χ0) is 22.3. The second-order valence-corrected chi connectivity index (χ2v) is 9.07. The van der Waals surface area contributed by atoms with Crippen LogP contribution in [-0.2, 0) is 0 Å². The van der Waals surface area contributed by atoms with Crippen LogP contribution in [0, 0.1) is 41.3 Å². The van der Waals surface area contributed by atoms with Crippen LogP contribution < -0.4 is 4.74 Å². The number of hydrogen-bond donors (Lipinski definition) is 0. The summed E-state index contributed by atoms with van der Waals surface area (Å²) >= 11 is 0. The van der Waals surface area contributed by atoms with E-state index in [-0.39, 0.29) is 0 Å². The fourth-order valence-electron chi connectivity index (χ4n) is 5.26. The Kier molecular flexibility index (Phi) is 8.46. The molecule has 0 saturated heterocycles. The summed E-state index contributed by atoms with van der Waals surface area (Å²) in [7, 11) is 0. The third kappa shape index (κ3) is 7.59. The molecule has 1 aromatic carbocycles. The maximum atomic E-state index is 13.7. The molecule has 1 nitrogen and oxygen atoms in total. The van der Waals surface area contributed by atoms with Crippen LogP contribution in [-0.4, -0.2) is 6.36 Å². The molecule has 0 aliphatic heterocycles. The van der Waals surface area contributed by atoms with E-state index in [0.29, 0.717) is 11.5 Å². The molecule has 0 amide bonds. The van der Waals surface area contributed by atoms with Crippen LogP contribution >= 0.6 is 0 Å². The van der Waals surface area contributed by atoms with Crippen LogP contribution in [0.2, 0.25) is 0 Å².